The fourth-order valence-corrected chi connectivity index (χ4v) is 3.51. The molecule has 1 unspecified atom stereocenters. The Labute approximate surface area is 134 Å². The van der Waals surface area contributed by atoms with Gasteiger partial charge in [-0.1, -0.05) is 68.3 Å². The smallest absolute Gasteiger partial charge is 0.0686 e. The van der Waals surface area contributed by atoms with Gasteiger partial charge in [-0.3, -0.25) is 0 Å². The SMILES string of the molecule is Brc1ccccc1C(Br)c1cnn(-c2ccccc2)c1. The van der Waals surface area contributed by atoms with Crippen LogP contribution < -0.4 is 0 Å². The molecule has 0 amide bonds. The van der Waals surface area contributed by atoms with Crippen molar-refractivity contribution in [1.29, 1.82) is 0 Å². The van der Waals surface area contributed by atoms with Crippen LogP contribution in [0.4, 0.5) is 0 Å². The first-order valence-corrected chi connectivity index (χ1v) is 7.95. The summed E-state index contributed by atoms with van der Waals surface area (Å²) in [5.41, 5.74) is 3.38. The van der Waals surface area contributed by atoms with E-state index < -0.39 is 0 Å². The van der Waals surface area contributed by atoms with Crippen LogP contribution in [0.5, 0.6) is 0 Å². The van der Waals surface area contributed by atoms with Crippen LogP contribution in [0.15, 0.2) is 71.5 Å². The van der Waals surface area contributed by atoms with Crippen molar-refractivity contribution in [3.05, 3.63) is 82.6 Å². The molecule has 0 N–H and O–H groups in total. The van der Waals surface area contributed by atoms with Gasteiger partial charge < -0.3 is 0 Å². The number of para-hydroxylation sites is 1. The fraction of sp³-hybridized carbons (Fsp3) is 0.0625. The van der Waals surface area contributed by atoms with Crippen molar-refractivity contribution in [3.63, 3.8) is 0 Å². The van der Waals surface area contributed by atoms with Gasteiger partial charge in [-0.2, -0.15) is 5.10 Å². The highest BCUT2D eigenvalue weighted by Gasteiger charge is 2.15. The zero-order valence-electron chi connectivity index (χ0n) is 10.6. The summed E-state index contributed by atoms with van der Waals surface area (Å²) in [6, 6.07) is 18.3. The number of benzene rings is 2. The minimum absolute atomic E-state index is 0.121. The molecule has 0 saturated carbocycles. The Bertz CT molecular complexity index is 707. The molecule has 0 aliphatic carbocycles. The highest BCUT2D eigenvalue weighted by atomic mass is 79.9. The molecule has 3 rings (SSSR count). The van der Waals surface area contributed by atoms with Crippen LogP contribution in [0.25, 0.3) is 5.69 Å². The van der Waals surface area contributed by atoms with Crippen molar-refractivity contribution in [2.75, 3.05) is 0 Å². The van der Waals surface area contributed by atoms with Gasteiger partial charge in [0.25, 0.3) is 0 Å². The highest BCUT2D eigenvalue weighted by Crippen LogP contribution is 2.35. The van der Waals surface area contributed by atoms with Crippen molar-refractivity contribution in [2.45, 2.75) is 4.83 Å². The number of rotatable bonds is 3. The molecule has 0 spiro atoms. The molecular formula is C16H12Br2N2. The van der Waals surface area contributed by atoms with Crippen molar-refractivity contribution >= 4 is 31.9 Å². The average Bonchev–Trinajstić information content (AvgIpc) is 2.98. The maximum atomic E-state index is 4.43. The topological polar surface area (TPSA) is 17.8 Å². The first kappa shape index (κ1) is 13.6. The monoisotopic (exact) mass is 390 g/mol. The van der Waals surface area contributed by atoms with Crippen molar-refractivity contribution in [3.8, 4) is 5.69 Å². The number of hydrogen-bond acceptors (Lipinski definition) is 1. The zero-order valence-corrected chi connectivity index (χ0v) is 13.8. The Morgan fingerprint density at radius 3 is 2.40 bits per heavy atom. The Morgan fingerprint density at radius 2 is 1.65 bits per heavy atom. The van der Waals surface area contributed by atoms with E-state index >= 15 is 0 Å². The van der Waals surface area contributed by atoms with Gasteiger partial charge in [-0.15, -0.1) is 0 Å². The van der Waals surface area contributed by atoms with E-state index in [9.17, 15) is 0 Å². The second kappa shape index (κ2) is 5.94. The van der Waals surface area contributed by atoms with Gasteiger partial charge >= 0.3 is 0 Å². The fourth-order valence-electron chi connectivity index (χ4n) is 2.05. The van der Waals surface area contributed by atoms with E-state index in [2.05, 4.69) is 43.0 Å². The van der Waals surface area contributed by atoms with E-state index in [-0.39, 0.29) is 4.83 Å². The van der Waals surface area contributed by atoms with Crippen LogP contribution in [0.1, 0.15) is 16.0 Å². The van der Waals surface area contributed by atoms with E-state index in [1.165, 1.54) is 5.56 Å². The lowest BCUT2D eigenvalue weighted by Gasteiger charge is -2.09. The predicted molar refractivity (Wildman–Crippen MR) is 88.5 cm³/mol. The lowest BCUT2D eigenvalue weighted by molar-refractivity contribution is 0.880. The molecule has 1 heterocycles. The second-order valence-corrected chi connectivity index (χ2v) is 6.21. The molecule has 2 aromatic carbocycles. The summed E-state index contributed by atoms with van der Waals surface area (Å²) >= 11 is 7.34. The quantitative estimate of drug-likeness (QED) is 0.566. The molecule has 0 saturated heterocycles. The third kappa shape index (κ3) is 2.72. The third-order valence-electron chi connectivity index (χ3n) is 3.09. The lowest BCUT2D eigenvalue weighted by Crippen LogP contribution is -1.94. The van der Waals surface area contributed by atoms with E-state index in [4.69, 9.17) is 0 Å². The van der Waals surface area contributed by atoms with Crippen LogP contribution in [0.3, 0.4) is 0 Å². The molecule has 100 valence electrons. The van der Waals surface area contributed by atoms with Crippen molar-refractivity contribution in [2.24, 2.45) is 0 Å². The Balaban J connectivity index is 1.93. The molecule has 3 aromatic rings. The summed E-state index contributed by atoms with van der Waals surface area (Å²) in [5.74, 6) is 0. The van der Waals surface area contributed by atoms with Crippen LogP contribution in [-0.2, 0) is 0 Å². The number of halogens is 2. The normalized spacial score (nSPS) is 12.3. The Morgan fingerprint density at radius 1 is 0.950 bits per heavy atom. The first-order chi connectivity index (χ1) is 9.75. The van der Waals surface area contributed by atoms with Crippen molar-refractivity contribution in [1.82, 2.24) is 9.78 Å². The maximum absolute atomic E-state index is 4.43. The summed E-state index contributed by atoms with van der Waals surface area (Å²) in [7, 11) is 0. The van der Waals surface area contributed by atoms with Gasteiger partial charge in [0, 0.05) is 16.2 Å². The minimum Gasteiger partial charge on any atom is -0.241 e. The molecule has 0 bridgehead atoms. The molecular weight excluding hydrogens is 380 g/mol. The predicted octanol–water partition coefficient (Wildman–Crippen LogP) is 5.12. The molecule has 1 atom stereocenters. The van der Waals surface area contributed by atoms with E-state index in [0.717, 1.165) is 15.7 Å². The standard InChI is InChI=1S/C16H12Br2N2/c17-15-9-5-4-8-14(15)16(18)12-10-19-20(11-12)13-6-2-1-3-7-13/h1-11,16H. The summed E-state index contributed by atoms with van der Waals surface area (Å²) in [5, 5.41) is 4.43. The van der Waals surface area contributed by atoms with Crippen LogP contribution in [0, 0.1) is 0 Å². The van der Waals surface area contributed by atoms with Crippen LogP contribution in [-0.4, -0.2) is 9.78 Å². The second-order valence-electron chi connectivity index (χ2n) is 4.44. The molecule has 0 fully saturated rings. The molecule has 4 heteroatoms. The van der Waals surface area contributed by atoms with E-state index in [1.54, 1.807) is 0 Å². The highest BCUT2D eigenvalue weighted by molar-refractivity contribution is 9.11. The van der Waals surface area contributed by atoms with Crippen molar-refractivity contribution < 1.29 is 0 Å². The van der Waals surface area contributed by atoms with Gasteiger partial charge in [-0.05, 0) is 23.8 Å². The van der Waals surface area contributed by atoms with Gasteiger partial charge in [0.1, 0.15) is 0 Å². The Kier molecular flexibility index (Phi) is 4.03. The molecule has 0 aliphatic rings. The van der Waals surface area contributed by atoms with Gasteiger partial charge in [0.2, 0.25) is 0 Å². The minimum atomic E-state index is 0.121. The van der Waals surface area contributed by atoms with Gasteiger partial charge in [-0.25, -0.2) is 4.68 Å². The molecule has 0 radical (unpaired) electrons. The lowest BCUT2D eigenvalue weighted by atomic mass is 10.1. The molecule has 20 heavy (non-hydrogen) atoms. The van der Waals surface area contributed by atoms with Crippen LogP contribution >= 0.6 is 31.9 Å². The first-order valence-electron chi connectivity index (χ1n) is 6.24. The van der Waals surface area contributed by atoms with Gasteiger partial charge in [0.15, 0.2) is 0 Å². The summed E-state index contributed by atoms with van der Waals surface area (Å²) in [6.07, 6.45) is 3.94. The maximum Gasteiger partial charge on any atom is 0.0686 e. The summed E-state index contributed by atoms with van der Waals surface area (Å²) < 4.78 is 2.98. The summed E-state index contributed by atoms with van der Waals surface area (Å²) in [4.78, 5) is 0.121. The average molecular weight is 392 g/mol. The zero-order chi connectivity index (χ0) is 13.9. The third-order valence-corrected chi connectivity index (χ3v) is 4.84. The number of nitrogens with zero attached hydrogens (tertiary/aromatic N) is 2. The van der Waals surface area contributed by atoms with E-state index in [0.29, 0.717) is 0 Å². The molecule has 0 aliphatic heterocycles. The van der Waals surface area contributed by atoms with Gasteiger partial charge in [0.05, 0.1) is 16.7 Å². The number of hydrogen-bond donors (Lipinski definition) is 0. The number of alkyl halides is 1. The van der Waals surface area contributed by atoms with Crippen LogP contribution in [0.2, 0.25) is 0 Å². The summed E-state index contributed by atoms with van der Waals surface area (Å²) in [6.45, 7) is 0. The number of aromatic nitrogens is 2. The largest absolute Gasteiger partial charge is 0.241 e. The molecule has 2 nitrogen and oxygen atoms in total. The molecule has 1 aromatic heterocycles. The Hall–Kier alpha value is -1.39. The van der Waals surface area contributed by atoms with E-state index in [1.807, 2.05) is 65.6 Å².